The van der Waals surface area contributed by atoms with Crippen LogP contribution in [0.3, 0.4) is 0 Å². The Morgan fingerprint density at radius 2 is 1.83 bits per heavy atom. The molecule has 0 saturated carbocycles. The van der Waals surface area contributed by atoms with Gasteiger partial charge in [0.1, 0.15) is 22.4 Å². The number of aromatic nitrogens is 2. The van der Waals surface area contributed by atoms with Crippen molar-refractivity contribution < 1.29 is 22.8 Å². The van der Waals surface area contributed by atoms with Crippen LogP contribution < -0.4 is 10.3 Å². The third kappa shape index (κ3) is 3.78. The molecule has 0 atom stereocenters. The maximum Gasteiger partial charge on any atom is 0.353 e. The first-order valence-corrected chi connectivity index (χ1v) is 11.1. The molecule has 2 aromatic carbocycles. The summed E-state index contributed by atoms with van der Waals surface area (Å²) < 4.78 is 52.5. The second-order valence-electron chi connectivity index (χ2n) is 8.34. The van der Waals surface area contributed by atoms with Crippen molar-refractivity contribution in [3.8, 4) is 22.6 Å². The lowest BCUT2D eigenvalue weighted by Crippen LogP contribution is -2.25. The minimum absolute atomic E-state index is 0.0826. The van der Waals surface area contributed by atoms with Gasteiger partial charge in [-0.15, -0.1) is 0 Å². The summed E-state index contributed by atoms with van der Waals surface area (Å²) in [4.78, 5) is 28.6. The van der Waals surface area contributed by atoms with Crippen LogP contribution in [-0.4, -0.2) is 21.6 Å². The van der Waals surface area contributed by atoms with Gasteiger partial charge in [0.25, 0.3) is 0 Å². The molecule has 0 N–H and O–H groups in total. The van der Waals surface area contributed by atoms with Crippen molar-refractivity contribution >= 4 is 28.2 Å². The number of pyridine rings is 2. The van der Waals surface area contributed by atoms with Crippen LogP contribution in [0.4, 0.5) is 18.9 Å². The Morgan fingerprint density at radius 3 is 2.44 bits per heavy atom. The van der Waals surface area contributed by atoms with Crippen LogP contribution in [0.1, 0.15) is 31.0 Å². The first-order chi connectivity index (χ1) is 17.0. The minimum Gasteiger partial charge on any atom is -0.496 e. The molecule has 0 bridgehead atoms. The van der Waals surface area contributed by atoms with Crippen molar-refractivity contribution in [2.45, 2.75) is 26.7 Å². The molecule has 36 heavy (non-hydrogen) atoms. The second-order valence-corrected chi connectivity index (χ2v) is 8.72. The van der Waals surface area contributed by atoms with E-state index in [1.54, 1.807) is 26.8 Å². The molecule has 2 heterocycles. The van der Waals surface area contributed by atoms with Gasteiger partial charge in [-0.2, -0.15) is 0 Å². The zero-order chi connectivity index (χ0) is 26.5. The Kier molecular flexibility index (Phi) is 6.48. The van der Waals surface area contributed by atoms with Gasteiger partial charge < -0.3 is 4.74 Å². The third-order valence-electron chi connectivity index (χ3n) is 5.82. The molecular weight excluding hydrogens is 499 g/mol. The van der Waals surface area contributed by atoms with Gasteiger partial charge in [0.2, 0.25) is 0 Å². The fourth-order valence-electron chi connectivity index (χ4n) is 4.23. The van der Waals surface area contributed by atoms with Gasteiger partial charge in [0.05, 0.1) is 40.1 Å². The molecule has 0 amide bonds. The lowest BCUT2D eigenvalue weighted by molar-refractivity contribution is -0.386. The Balaban J connectivity index is 2.33. The minimum atomic E-state index is -1.35. The Morgan fingerprint density at radius 1 is 1.14 bits per heavy atom. The zero-order valence-corrected chi connectivity index (χ0v) is 20.3. The SMILES string of the molecule is COc1cccc(F)c1-c1c(F)cc2c(Cl)c([N+](=O)[O-])c(=O)n(-c3c(C)ccnc3C(C)C)c2c1F. The van der Waals surface area contributed by atoms with Crippen LogP contribution in [0, 0.1) is 34.5 Å². The van der Waals surface area contributed by atoms with Gasteiger partial charge in [0.15, 0.2) is 5.82 Å². The van der Waals surface area contributed by atoms with Crippen LogP contribution >= 0.6 is 11.6 Å². The van der Waals surface area contributed by atoms with E-state index >= 15 is 8.78 Å². The number of methoxy groups -OCH3 is 1. The Hall–Kier alpha value is -3.92. The maximum atomic E-state index is 16.3. The predicted octanol–water partition coefficient (Wildman–Crippen LogP) is 6.47. The van der Waals surface area contributed by atoms with Gasteiger partial charge in [-0.1, -0.05) is 31.5 Å². The topological polar surface area (TPSA) is 87.3 Å². The number of hydrogen-bond donors (Lipinski definition) is 0. The van der Waals surface area contributed by atoms with E-state index in [0.29, 0.717) is 11.3 Å². The summed E-state index contributed by atoms with van der Waals surface area (Å²) in [6.45, 7) is 5.16. The summed E-state index contributed by atoms with van der Waals surface area (Å²) in [5, 5.41) is 10.6. The molecule has 0 aliphatic rings. The Labute approximate surface area is 207 Å². The van der Waals surface area contributed by atoms with E-state index in [1.165, 1.54) is 25.4 Å². The molecule has 0 fully saturated rings. The first kappa shape index (κ1) is 25.2. The summed E-state index contributed by atoms with van der Waals surface area (Å²) in [5.74, 6) is -4.02. The molecule has 0 aliphatic carbocycles. The first-order valence-electron chi connectivity index (χ1n) is 10.7. The fourth-order valence-corrected chi connectivity index (χ4v) is 4.52. The monoisotopic (exact) mass is 517 g/mol. The average Bonchev–Trinajstić information content (AvgIpc) is 2.81. The van der Waals surface area contributed by atoms with Crippen LogP contribution in [0.5, 0.6) is 5.75 Å². The van der Waals surface area contributed by atoms with Crippen molar-refractivity contribution in [1.82, 2.24) is 9.55 Å². The fraction of sp³-hybridized carbons (Fsp3) is 0.200. The molecule has 0 aliphatic heterocycles. The van der Waals surface area contributed by atoms with Gasteiger partial charge in [0, 0.05) is 11.6 Å². The highest BCUT2D eigenvalue weighted by Gasteiger charge is 2.32. The van der Waals surface area contributed by atoms with Crippen molar-refractivity contribution in [1.29, 1.82) is 0 Å². The van der Waals surface area contributed by atoms with Gasteiger partial charge in [-0.05, 0) is 42.7 Å². The van der Waals surface area contributed by atoms with E-state index in [2.05, 4.69) is 4.98 Å². The molecule has 0 spiro atoms. The molecule has 4 aromatic rings. The molecule has 2 aromatic heterocycles. The van der Waals surface area contributed by atoms with Crippen LogP contribution in [0.25, 0.3) is 27.7 Å². The van der Waals surface area contributed by atoms with Crippen molar-refractivity contribution in [3.05, 3.63) is 90.7 Å². The number of benzene rings is 2. The smallest absolute Gasteiger partial charge is 0.353 e. The maximum absolute atomic E-state index is 16.3. The number of hydrogen-bond acceptors (Lipinski definition) is 5. The quantitative estimate of drug-likeness (QED) is 0.223. The number of fused-ring (bicyclic) bond motifs is 1. The standard InChI is InChI=1S/C25H19ClF3N3O4/c1-11(2)21-22(12(3)8-9-30-21)31-23-13(19(26)24(25(31)33)32(34)35)10-15(28)18(20(23)29)17-14(27)6-5-7-16(17)36-4/h5-11H,1-4H3. The summed E-state index contributed by atoms with van der Waals surface area (Å²) in [6, 6.07) is 5.91. The summed E-state index contributed by atoms with van der Waals surface area (Å²) in [7, 11) is 1.21. The highest BCUT2D eigenvalue weighted by Crippen LogP contribution is 2.42. The molecule has 0 saturated heterocycles. The molecule has 0 unspecified atom stereocenters. The predicted molar refractivity (Wildman–Crippen MR) is 130 cm³/mol. The molecule has 186 valence electrons. The zero-order valence-electron chi connectivity index (χ0n) is 19.5. The highest BCUT2D eigenvalue weighted by atomic mass is 35.5. The van der Waals surface area contributed by atoms with E-state index in [4.69, 9.17) is 16.3 Å². The molecule has 11 heteroatoms. The second kappa shape index (κ2) is 9.27. The summed E-state index contributed by atoms with van der Waals surface area (Å²) >= 11 is 6.17. The number of nitro groups is 1. The average molecular weight is 518 g/mol. The van der Waals surface area contributed by atoms with Crippen molar-refractivity contribution in [2.75, 3.05) is 7.11 Å². The van der Waals surface area contributed by atoms with Crippen LogP contribution in [-0.2, 0) is 0 Å². The van der Waals surface area contributed by atoms with Gasteiger partial charge in [-0.25, -0.2) is 13.2 Å². The molecular formula is C25H19ClF3N3O4. The van der Waals surface area contributed by atoms with Crippen molar-refractivity contribution in [3.63, 3.8) is 0 Å². The number of ether oxygens (including phenoxy) is 1. The summed E-state index contributed by atoms with van der Waals surface area (Å²) in [5.41, 5.74) is -3.33. The van der Waals surface area contributed by atoms with E-state index in [1.807, 2.05) is 0 Å². The lowest BCUT2D eigenvalue weighted by atomic mass is 9.98. The highest BCUT2D eigenvalue weighted by molar-refractivity contribution is 6.37. The lowest BCUT2D eigenvalue weighted by Gasteiger charge is -2.20. The van der Waals surface area contributed by atoms with E-state index in [0.717, 1.165) is 16.7 Å². The number of halogens is 4. The molecule has 7 nitrogen and oxygen atoms in total. The van der Waals surface area contributed by atoms with E-state index in [-0.39, 0.29) is 17.4 Å². The Bertz CT molecular complexity index is 1620. The van der Waals surface area contributed by atoms with Gasteiger partial charge >= 0.3 is 11.2 Å². The summed E-state index contributed by atoms with van der Waals surface area (Å²) in [6.07, 6.45) is 1.48. The van der Waals surface area contributed by atoms with Crippen LogP contribution in [0.2, 0.25) is 5.02 Å². The van der Waals surface area contributed by atoms with E-state index in [9.17, 15) is 19.3 Å². The van der Waals surface area contributed by atoms with Gasteiger partial charge in [-0.3, -0.25) is 24.5 Å². The normalized spacial score (nSPS) is 11.4. The van der Waals surface area contributed by atoms with E-state index < -0.39 is 60.7 Å². The number of rotatable bonds is 5. The third-order valence-corrected chi connectivity index (χ3v) is 6.20. The molecule has 4 rings (SSSR count). The molecule has 0 radical (unpaired) electrons. The van der Waals surface area contributed by atoms with Crippen molar-refractivity contribution in [2.24, 2.45) is 0 Å². The number of nitrogens with zero attached hydrogens (tertiary/aromatic N) is 3. The largest absolute Gasteiger partial charge is 0.496 e. The number of aryl methyl sites for hydroxylation is 1. The van der Waals surface area contributed by atoms with Crippen LogP contribution in [0.15, 0.2) is 41.3 Å².